The fourth-order valence-corrected chi connectivity index (χ4v) is 9.30. The van der Waals surface area contributed by atoms with Gasteiger partial charge in [-0.3, -0.25) is 0 Å². The molecule has 4 nitrogen and oxygen atoms in total. The van der Waals surface area contributed by atoms with Crippen LogP contribution in [0, 0.1) is 5.41 Å². The van der Waals surface area contributed by atoms with Gasteiger partial charge in [-0.25, -0.2) is 0 Å². The van der Waals surface area contributed by atoms with E-state index in [9.17, 15) is 0 Å². The average molecular weight is 694 g/mol. The number of benzene rings is 6. The van der Waals surface area contributed by atoms with Gasteiger partial charge in [0.05, 0.1) is 23.5 Å². The molecule has 2 aromatic heterocycles. The molecule has 256 valence electrons. The van der Waals surface area contributed by atoms with Gasteiger partial charge in [0, 0.05) is 39.0 Å². The zero-order chi connectivity index (χ0) is 35.9. The Labute approximate surface area is 313 Å². The van der Waals surface area contributed by atoms with E-state index in [-0.39, 0.29) is 12.3 Å². The summed E-state index contributed by atoms with van der Waals surface area (Å²) in [5, 5.41) is 14.5. The van der Waals surface area contributed by atoms with Crippen molar-refractivity contribution >= 4 is 61.3 Å². The van der Waals surface area contributed by atoms with Gasteiger partial charge in [-0.05, 0) is 110 Å². The fourth-order valence-electron chi connectivity index (χ4n) is 9.30. The van der Waals surface area contributed by atoms with Crippen molar-refractivity contribution in [3.63, 3.8) is 0 Å². The van der Waals surface area contributed by atoms with Crippen LogP contribution in [-0.2, 0) is 4.74 Å². The van der Waals surface area contributed by atoms with Crippen molar-refractivity contribution in [1.82, 2.24) is 9.13 Å². The maximum atomic E-state index is 8.34. The zero-order valence-corrected chi connectivity index (χ0v) is 29.5. The molecule has 1 aliphatic heterocycles. The van der Waals surface area contributed by atoms with Gasteiger partial charge in [0.15, 0.2) is 6.23 Å². The molecule has 2 unspecified atom stereocenters. The van der Waals surface area contributed by atoms with Crippen molar-refractivity contribution in [2.24, 2.45) is 0 Å². The first-order valence-corrected chi connectivity index (χ1v) is 18.6. The van der Waals surface area contributed by atoms with Crippen LogP contribution in [0.2, 0.25) is 0 Å². The average Bonchev–Trinajstić information content (AvgIpc) is 3.87. The summed E-state index contributed by atoms with van der Waals surface area (Å²) in [5.74, 6) is 0. The Kier molecular flexibility index (Phi) is 6.71. The van der Waals surface area contributed by atoms with Crippen LogP contribution in [0.25, 0.3) is 88.5 Å². The van der Waals surface area contributed by atoms with Crippen LogP contribution < -0.4 is 0 Å². The first-order valence-electron chi connectivity index (χ1n) is 18.6. The summed E-state index contributed by atoms with van der Waals surface area (Å²) in [4.78, 5) is 0. The molecule has 4 heteroatoms. The van der Waals surface area contributed by atoms with Crippen LogP contribution in [-0.4, -0.2) is 15.3 Å². The zero-order valence-electron chi connectivity index (χ0n) is 29.5. The highest BCUT2D eigenvalue weighted by Crippen LogP contribution is 2.49. The highest BCUT2D eigenvalue weighted by molar-refractivity contribution is 6.18. The minimum atomic E-state index is -0.298. The van der Waals surface area contributed by atoms with E-state index in [4.69, 9.17) is 10.1 Å². The highest BCUT2D eigenvalue weighted by atomic mass is 16.5. The van der Waals surface area contributed by atoms with E-state index in [0.717, 1.165) is 39.7 Å². The number of nitrogens with zero attached hydrogens (tertiary/aromatic N) is 2. The molecule has 0 saturated carbocycles. The molecule has 0 bridgehead atoms. The lowest BCUT2D eigenvalue weighted by atomic mass is 9.91. The van der Waals surface area contributed by atoms with Crippen LogP contribution in [0.4, 0.5) is 0 Å². The molecular weight excluding hydrogens is 659 g/mol. The molecule has 0 spiro atoms. The lowest BCUT2D eigenvalue weighted by Gasteiger charge is -2.21. The van der Waals surface area contributed by atoms with E-state index in [0.29, 0.717) is 0 Å². The number of hydrogen-bond donors (Lipinski definition) is 1. The van der Waals surface area contributed by atoms with Crippen molar-refractivity contribution in [2.75, 3.05) is 0 Å². The van der Waals surface area contributed by atoms with Gasteiger partial charge in [0.1, 0.15) is 0 Å². The third-order valence-electron chi connectivity index (χ3n) is 11.7. The summed E-state index contributed by atoms with van der Waals surface area (Å²) in [6.07, 6.45) is 18.6. The quantitative estimate of drug-likeness (QED) is 0.173. The maximum Gasteiger partial charge on any atom is 0.195 e. The first-order chi connectivity index (χ1) is 26.7. The highest BCUT2D eigenvalue weighted by Gasteiger charge is 2.25. The van der Waals surface area contributed by atoms with Crippen molar-refractivity contribution in [1.29, 1.82) is 5.41 Å². The van der Waals surface area contributed by atoms with E-state index < -0.39 is 0 Å². The molecule has 3 heterocycles. The predicted octanol–water partition coefficient (Wildman–Crippen LogP) is 13.0. The molecule has 0 saturated heterocycles. The van der Waals surface area contributed by atoms with Crippen LogP contribution >= 0.6 is 0 Å². The van der Waals surface area contributed by atoms with Crippen LogP contribution in [0.15, 0.2) is 165 Å². The van der Waals surface area contributed by atoms with Gasteiger partial charge in [-0.2, -0.15) is 0 Å². The van der Waals surface area contributed by atoms with Crippen molar-refractivity contribution in [3.05, 3.63) is 181 Å². The number of hydrogen-bond acceptors (Lipinski definition) is 2. The standard InChI is InChI=1S/C50H35N3O/c1-2-45-44(30-51)43-29-33(20-26-48(43)53(45)49-16-7-8-27-54-49)32-19-25-47-42(28-32)38-12-5-6-15-46(38)52(47)34-21-17-31(18-22-34)35-23-24-41-37-11-4-3-10-36(37)40-14-9-13-39(35)50(40)41/h2-21,23-30,34,49,51H,1,22H2. The van der Waals surface area contributed by atoms with Crippen molar-refractivity contribution < 1.29 is 4.74 Å². The first kappa shape index (κ1) is 30.7. The van der Waals surface area contributed by atoms with Crippen LogP contribution in [0.5, 0.6) is 0 Å². The SMILES string of the molecule is C=Cc1c(C=N)c2cc(-c3ccc4c(c3)c3ccccc3n4C3C=CC(c4ccc5c6c(cccc46)-c4ccccc4-5)=CC3)ccc2n1C1C=CC=CO1. The maximum absolute atomic E-state index is 8.34. The number of rotatable bonds is 6. The Hall–Kier alpha value is -6.91. The van der Waals surface area contributed by atoms with E-state index in [2.05, 4.69) is 149 Å². The fraction of sp³-hybridized carbons (Fsp3) is 0.0600. The summed E-state index contributed by atoms with van der Waals surface area (Å²) in [7, 11) is 0. The van der Waals surface area contributed by atoms with Gasteiger partial charge in [-0.15, -0.1) is 0 Å². The van der Waals surface area contributed by atoms with Crippen LogP contribution in [0.3, 0.4) is 0 Å². The minimum absolute atomic E-state index is 0.192. The van der Waals surface area contributed by atoms with Gasteiger partial charge < -0.3 is 19.3 Å². The van der Waals surface area contributed by atoms with Crippen molar-refractivity contribution in [2.45, 2.75) is 18.7 Å². The number of nitrogens with one attached hydrogen (secondary N) is 1. The third kappa shape index (κ3) is 4.34. The largest absolute Gasteiger partial charge is 0.474 e. The third-order valence-corrected chi connectivity index (χ3v) is 11.7. The Bertz CT molecular complexity index is 3020. The second-order valence-corrected chi connectivity index (χ2v) is 14.4. The number of ether oxygens (including phenoxy) is 1. The van der Waals surface area contributed by atoms with E-state index >= 15 is 0 Å². The van der Waals surface area contributed by atoms with Gasteiger partial charge in [0.2, 0.25) is 0 Å². The summed E-state index contributed by atoms with van der Waals surface area (Å²) in [6, 6.07) is 42.5. The predicted molar refractivity (Wildman–Crippen MR) is 226 cm³/mol. The van der Waals surface area contributed by atoms with E-state index in [1.54, 1.807) is 6.26 Å². The molecular formula is C50H35N3O. The molecule has 1 N–H and O–H groups in total. The summed E-state index contributed by atoms with van der Waals surface area (Å²) < 4.78 is 10.6. The topological polar surface area (TPSA) is 42.9 Å². The second kappa shape index (κ2) is 11.8. The summed E-state index contributed by atoms with van der Waals surface area (Å²) in [5.41, 5.74) is 15.3. The molecule has 0 amide bonds. The Morgan fingerprint density at radius 3 is 2.06 bits per heavy atom. The monoisotopic (exact) mass is 693 g/mol. The van der Waals surface area contributed by atoms with E-state index in [1.807, 2.05) is 24.3 Å². The molecule has 3 aliphatic rings. The molecule has 0 radical (unpaired) electrons. The Balaban J connectivity index is 0.973. The smallest absolute Gasteiger partial charge is 0.195 e. The summed E-state index contributed by atoms with van der Waals surface area (Å²) >= 11 is 0. The molecule has 2 atom stereocenters. The molecule has 54 heavy (non-hydrogen) atoms. The molecule has 6 aromatic carbocycles. The van der Waals surface area contributed by atoms with Crippen LogP contribution in [0.1, 0.15) is 35.5 Å². The normalized spacial score (nSPS) is 17.0. The molecule has 2 aliphatic carbocycles. The molecule has 8 aromatic rings. The molecule has 11 rings (SSSR count). The lowest BCUT2D eigenvalue weighted by Crippen LogP contribution is -2.11. The Morgan fingerprint density at radius 1 is 0.630 bits per heavy atom. The lowest BCUT2D eigenvalue weighted by molar-refractivity contribution is 0.126. The minimum Gasteiger partial charge on any atom is -0.474 e. The van der Waals surface area contributed by atoms with Gasteiger partial charge in [0.25, 0.3) is 0 Å². The van der Waals surface area contributed by atoms with Gasteiger partial charge in [-0.1, -0.05) is 116 Å². The summed E-state index contributed by atoms with van der Waals surface area (Å²) in [6.45, 7) is 4.09. The Morgan fingerprint density at radius 2 is 1.31 bits per heavy atom. The number of allylic oxidation sites excluding steroid dienone is 6. The van der Waals surface area contributed by atoms with Crippen molar-refractivity contribution in [3.8, 4) is 33.4 Å². The number of fused-ring (bicyclic) bond motifs is 7. The van der Waals surface area contributed by atoms with Gasteiger partial charge >= 0.3 is 0 Å². The second-order valence-electron chi connectivity index (χ2n) is 14.4. The molecule has 0 fully saturated rings. The number of aromatic nitrogens is 2. The number of para-hydroxylation sites is 1. The van der Waals surface area contributed by atoms with E-state index in [1.165, 1.54) is 72.2 Å².